The average Bonchev–Trinajstić information content (AvgIpc) is 2.84. The molecule has 1 aromatic heterocycles. The Hall–Kier alpha value is -1.81. The van der Waals surface area contributed by atoms with E-state index >= 15 is 0 Å². The van der Waals surface area contributed by atoms with Gasteiger partial charge in [0.15, 0.2) is 0 Å². The van der Waals surface area contributed by atoms with Gasteiger partial charge < -0.3 is 5.32 Å². The first-order valence-corrected chi connectivity index (χ1v) is 7.09. The number of aromatic nitrogens is 2. The third-order valence-corrected chi connectivity index (χ3v) is 3.45. The van der Waals surface area contributed by atoms with Gasteiger partial charge in [0.05, 0.1) is 23.5 Å². The Labute approximate surface area is 123 Å². The fourth-order valence-electron chi connectivity index (χ4n) is 2.01. The molecule has 0 radical (unpaired) electrons. The lowest BCUT2D eigenvalue weighted by atomic mass is 10.1. The number of nitrogens with zero attached hydrogens (tertiary/aromatic N) is 2. The smallest absolute Gasteiger partial charge is 0.220 e. The molecule has 1 aromatic carbocycles. The molecule has 0 fully saturated rings. The van der Waals surface area contributed by atoms with E-state index in [1.165, 1.54) is 5.56 Å². The van der Waals surface area contributed by atoms with E-state index < -0.39 is 0 Å². The molecule has 5 heteroatoms. The standard InChI is InChI=1S/C15H18ClN3O/c1-2-19-14(13(16)10-18-19)11-17-15(20)9-8-12-6-4-3-5-7-12/h3-7,10H,2,8-9,11H2,1H3,(H,17,20). The maximum Gasteiger partial charge on any atom is 0.220 e. The van der Waals surface area contributed by atoms with Crippen LogP contribution in [-0.2, 0) is 24.3 Å². The highest BCUT2D eigenvalue weighted by Gasteiger charge is 2.09. The van der Waals surface area contributed by atoms with Crippen molar-refractivity contribution in [2.75, 3.05) is 0 Å². The second-order valence-corrected chi connectivity index (χ2v) is 4.92. The van der Waals surface area contributed by atoms with Gasteiger partial charge in [0.2, 0.25) is 5.91 Å². The molecule has 20 heavy (non-hydrogen) atoms. The third-order valence-electron chi connectivity index (χ3n) is 3.13. The molecule has 106 valence electrons. The maximum atomic E-state index is 11.8. The van der Waals surface area contributed by atoms with Crippen molar-refractivity contribution in [1.82, 2.24) is 15.1 Å². The van der Waals surface area contributed by atoms with Gasteiger partial charge in [-0.15, -0.1) is 0 Å². The number of rotatable bonds is 6. The molecule has 1 amide bonds. The normalized spacial score (nSPS) is 10.5. The highest BCUT2D eigenvalue weighted by atomic mass is 35.5. The van der Waals surface area contributed by atoms with Crippen LogP contribution < -0.4 is 5.32 Å². The molecule has 2 rings (SSSR count). The lowest BCUT2D eigenvalue weighted by Gasteiger charge is -2.08. The Morgan fingerprint density at radius 3 is 2.80 bits per heavy atom. The topological polar surface area (TPSA) is 46.9 Å². The molecule has 4 nitrogen and oxygen atoms in total. The number of aryl methyl sites for hydroxylation is 2. The Morgan fingerprint density at radius 1 is 1.35 bits per heavy atom. The summed E-state index contributed by atoms with van der Waals surface area (Å²) in [7, 11) is 0. The Balaban J connectivity index is 1.82. The van der Waals surface area contributed by atoms with Crippen molar-refractivity contribution in [2.24, 2.45) is 0 Å². The quantitative estimate of drug-likeness (QED) is 0.889. The molecule has 0 saturated carbocycles. The highest BCUT2D eigenvalue weighted by Crippen LogP contribution is 2.14. The van der Waals surface area contributed by atoms with Gasteiger partial charge in [0.1, 0.15) is 0 Å². The monoisotopic (exact) mass is 291 g/mol. The van der Waals surface area contributed by atoms with Gasteiger partial charge in [-0.1, -0.05) is 41.9 Å². The minimum atomic E-state index is 0.0220. The van der Waals surface area contributed by atoms with E-state index in [0.717, 1.165) is 18.7 Å². The van der Waals surface area contributed by atoms with Crippen molar-refractivity contribution in [3.05, 3.63) is 52.8 Å². The zero-order valence-corrected chi connectivity index (χ0v) is 12.2. The summed E-state index contributed by atoms with van der Waals surface area (Å²) in [6.45, 7) is 3.15. The van der Waals surface area contributed by atoms with E-state index in [-0.39, 0.29) is 5.91 Å². The molecule has 0 bridgehead atoms. The van der Waals surface area contributed by atoms with Crippen molar-refractivity contribution < 1.29 is 4.79 Å². The zero-order chi connectivity index (χ0) is 14.4. The number of carbonyl (C=O) groups is 1. The molecule has 0 aliphatic heterocycles. The molecule has 0 aliphatic rings. The van der Waals surface area contributed by atoms with Crippen LogP contribution in [0.5, 0.6) is 0 Å². The van der Waals surface area contributed by atoms with Crippen LogP contribution in [0.4, 0.5) is 0 Å². The van der Waals surface area contributed by atoms with Gasteiger partial charge in [-0.2, -0.15) is 5.10 Å². The fraction of sp³-hybridized carbons (Fsp3) is 0.333. The summed E-state index contributed by atoms with van der Waals surface area (Å²) >= 11 is 6.05. The summed E-state index contributed by atoms with van der Waals surface area (Å²) in [5.41, 5.74) is 2.02. The second-order valence-electron chi connectivity index (χ2n) is 4.52. The predicted molar refractivity (Wildman–Crippen MR) is 79.5 cm³/mol. The Morgan fingerprint density at radius 2 is 2.10 bits per heavy atom. The minimum absolute atomic E-state index is 0.0220. The van der Waals surface area contributed by atoms with Crippen molar-refractivity contribution in [2.45, 2.75) is 32.9 Å². The van der Waals surface area contributed by atoms with E-state index in [1.807, 2.05) is 37.3 Å². The van der Waals surface area contributed by atoms with E-state index in [2.05, 4.69) is 10.4 Å². The first-order valence-electron chi connectivity index (χ1n) is 6.71. The molecule has 0 unspecified atom stereocenters. The Kier molecular flexibility index (Phi) is 5.18. The number of hydrogen-bond acceptors (Lipinski definition) is 2. The fourth-order valence-corrected chi connectivity index (χ4v) is 2.22. The molecule has 1 N–H and O–H groups in total. The van der Waals surface area contributed by atoms with Crippen molar-refractivity contribution in [3.63, 3.8) is 0 Å². The van der Waals surface area contributed by atoms with E-state index in [0.29, 0.717) is 18.0 Å². The predicted octanol–water partition coefficient (Wildman–Crippen LogP) is 2.81. The van der Waals surface area contributed by atoms with E-state index in [9.17, 15) is 4.79 Å². The van der Waals surface area contributed by atoms with Gasteiger partial charge in [0, 0.05) is 13.0 Å². The van der Waals surface area contributed by atoms with Crippen LogP contribution in [0.3, 0.4) is 0 Å². The average molecular weight is 292 g/mol. The van der Waals surface area contributed by atoms with Gasteiger partial charge >= 0.3 is 0 Å². The molecule has 0 spiro atoms. The molecular weight excluding hydrogens is 274 g/mol. The number of hydrogen-bond donors (Lipinski definition) is 1. The summed E-state index contributed by atoms with van der Waals surface area (Å²) in [5.74, 6) is 0.0220. The SMILES string of the molecule is CCn1ncc(Cl)c1CNC(=O)CCc1ccccc1. The summed E-state index contributed by atoms with van der Waals surface area (Å²) in [4.78, 5) is 11.8. The molecular formula is C15H18ClN3O. The zero-order valence-electron chi connectivity index (χ0n) is 11.5. The van der Waals surface area contributed by atoms with Gasteiger partial charge in [-0.05, 0) is 18.9 Å². The van der Waals surface area contributed by atoms with Crippen LogP contribution in [0.2, 0.25) is 5.02 Å². The van der Waals surface area contributed by atoms with Crippen LogP contribution in [0.15, 0.2) is 36.5 Å². The molecule has 1 heterocycles. The number of benzene rings is 1. The van der Waals surface area contributed by atoms with Crippen molar-refractivity contribution in [1.29, 1.82) is 0 Å². The van der Waals surface area contributed by atoms with Crippen LogP contribution in [-0.4, -0.2) is 15.7 Å². The van der Waals surface area contributed by atoms with Crippen molar-refractivity contribution >= 4 is 17.5 Å². The number of amides is 1. The maximum absolute atomic E-state index is 11.8. The third kappa shape index (κ3) is 3.84. The highest BCUT2D eigenvalue weighted by molar-refractivity contribution is 6.31. The van der Waals surface area contributed by atoms with E-state index in [4.69, 9.17) is 11.6 Å². The van der Waals surface area contributed by atoms with Gasteiger partial charge in [-0.25, -0.2) is 0 Å². The van der Waals surface area contributed by atoms with Crippen LogP contribution >= 0.6 is 11.6 Å². The number of halogens is 1. The molecule has 2 aromatic rings. The molecule has 0 atom stereocenters. The first-order chi connectivity index (χ1) is 9.70. The largest absolute Gasteiger partial charge is 0.350 e. The summed E-state index contributed by atoms with van der Waals surface area (Å²) in [6, 6.07) is 9.98. The number of carbonyl (C=O) groups excluding carboxylic acids is 1. The summed E-state index contributed by atoms with van der Waals surface area (Å²) in [5, 5.41) is 7.62. The molecule has 0 aliphatic carbocycles. The lowest BCUT2D eigenvalue weighted by Crippen LogP contribution is -2.24. The Bertz CT molecular complexity index is 566. The minimum Gasteiger partial charge on any atom is -0.350 e. The van der Waals surface area contributed by atoms with Crippen LogP contribution in [0, 0.1) is 0 Å². The summed E-state index contributed by atoms with van der Waals surface area (Å²) < 4.78 is 1.79. The first kappa shape index (κ1) is 14.6. The summed E-state index contributed by atoms with van der Waals surface area (Å²) in [6.07, 6.45) is 2.83. The second kappa shape index (κ2) is 7.10. The lowest BCUT2D eigenvalue weighted by molar-refractivity contribution is -0.121. The van der Waals surface area contributed by atoms with Gasteiger partial charge in [0.25, 0.3) is 0 Å². The van der Waals surface area contributed by atoms with Crippen molar-refractivity contribution in [3.8, 4) is 0 Å². The van der Waals surface area contributed by atoms with Crippen LogP contribution in [0.25, 0.3) is 0 Å². The number of nitrogens with one attached hydrogen (secondary N) is 1. The van der Waals surface area contributed by atoms with Crippen LogP contribution in [0.1, 0.15) is 24.6 Å². The molecule has 0 saturated heterocycles. The van der Waals surface area contributed by atoms with Gasteiger partial charge in [-0.3, -0.25) is 9.48 Å². The van der Waals surface area contributed by atoms with E-state index in [1.54, 1.807) is 10.9 Å².